The van der Waals surface area contributed by atoms with Gasteiger partial charge in [-0.05, 0) is 45.1 Å². The third kappa shape index (κ3) is 2.97. The van der Waals surface area contributed by atoms with Gasteiger partial charge in [-0.2, -0.15) is 0 Å². The van der Waals surface area contributed by atoms with Crippen molar-refractivity contribution in [2.24, 2.45) is 0 Å². The number of thiophene rings is 1. The van der Waals surface area contributed by atoms with E-state index in [1.807, 2.05) is 11.4 Å². The second kappa shape index (κ2) is 5.63. The number of amides is 1. The molecule has 1 aromatic heterocycles. The molecular formula is C13H11BrFNOS. The van der Waals surface area contributed by atoms with E-state index in [0.29, 0.717) is 11.4 Å². The quantitative estimate of drug-likeness (QED) is 0.836. The highest BCUT2D eigenvalue weighted by atomic mass is 79.9. The fourth-order valence-corrected chi connectivity index (χ4v) is 3.09. The second-order valence-electron chi connectivity index (χ2n) is 3.89. The number of carbonyl (C=O) groups is 1. The molecule has 18 heavy (non-hydrogen) atoms. The SMILES string of the molecule is CN(Cc1ccc(F)cc1)C(=O)c1sccc1Br. The highest BCUT2D eigenvalue weighted by Gasteiger charge is 2.16. The fraction of sp³-hybridized carbons (Fsp3) is 0.154. The summed E-state index contributed by atoms with van der Waals surface area (Å²) in [4.78, 5) is 14.4. The summed E-state index contributed by atoms with van der Waals surface area (Å²) in [5.41, 5.74) is 0.903. The highest BCUT2D eigenvalue weighted by Crippen LogP contribution is 2.24. The van der Waals surface area contributed by atoms with E-state index in [-0.39, 0.29) is 11.7 Å². The smallest absolute Gasteiger partial charge is 0.265 e. The Morgan fingerprint density at radius 2 is 2.00 bits per heavy atom. The molecule has 0 unspecified atom stereocenters. The Kier molecular flexibility index (Phi) is 4.14. The predicted molar refractivity (Wildman–Crippen MR) is 74.2 cm³/mol. The van der Waals surface area contributed by atoms with Crippen LogP contribution in [0.3, 0.4) is 0 Å². The summed E-state index contributed by atoms with van der Waals surface area (Å²) < 4.78 is 13.6. The monoisotopic (exact) mass is 327 g/mol. The lowest BCUT2D eigenvalue weighted by atomic mass is 10.2. The molecule has 1 amide bonds. The molecule has 1 aromatic carbocycles. The van der Waals surface area contributed by atoms with Crippen molar-refractivity contribution in [2.75, 3.05) is 7.05 Å². The van der Waals surface area contributed by atoms with E-state index in [4.69, 9.17) is 0 Å². The number of halogens is 2. The third-order valence-corrected chi connectivity index (χ3v) is 4.32. The van der Waals surface area contributed by atoms with Gasteiger partial charge in [0.25, 0.3) is 5.91 Å². The summed E-state index contributed by atoms with van der Waals surface area (Å²) in [6.07, 6.45) is 0. The minimum atomic E-state index is -0.270. The minimum absolute atomic E-state index is 0.0406. The molecule has 0 saturated heterocycles. The van der Waals surface area contributed by atoms with E-state index in [0.717, 1.165) is 10.0 Å². The number of rotatable bonds is 3. The van der Waals surface area contributed by atoms with Gasteiger partial charge in [-0.25, -0.2) is 4.39 Å². The number of benzene rings is 1. The van der Waals surface area contributed by atoms with Crippen molar-refractivity contribution in [1.82, 2.24) is 4.90 Å². The van der Waals surface area contributed by atoms with Crippen LogP contribution in [0, 0.1) is 5.82 Å². The average molecular weight is 328 g/mol. The molecule has 0 saturated carbocycles. The van der Waals surface area contributed by atoms with Gasteiger partial charge in [-0.15, -0.1) is 11.3 Å². The van der Waals surface area contributed by atoms with Crippen molar-refractivity contribution in [3.63, 3.8) is 0 Å². The Labute approximate surface area is 117 Å². The maximum Gasteiger partial charge on any atom is 0.265 e. The maximum atomic E-state index is 12.8. The van der Waals surface area contributed by atoms with Crippen LogP contribution in [0.2, 0.25) is 0 Å². The van der Waals surface area contributed by atoms with Crippen LogP contribution in [0.4, 0.5) is 4.39 Å². The van der Waals surface area contributed by atoms with Gasteiger partial charge in [0.2, 0.25) is 0 Å². The third-order valence-electron chi connectivity index (χ3n) is 2.49. The molecule has 2 rings (SSSR count). The first-order valence-electron chi connectivity index (χ1n) is 5.31. The lowest BCUT2D eigenvalue weighted by Gasteiger charge is -2.16. The van der Waals surface area contributed by atoms with Crippen LogP contribution in [0.25, 0.3) is 0 Å². The first-order chi connectivity index (χ1) is 8.58. The van der Waals surface area contributed by atoms with E-state index in [1.165, 1.54) is 23.5 Å². The van der Waals surface area contributed by atoms with E-state index in [2.05, 4.69) is 15.9 Å². The van der Waals surface area contributed by atoms with E-state index < -0.39 is 0 Å². The van der Waals surface area contributed by atoms with Crippen LogP contribution in [-0.2, 0) is 6.54 Å². The van der Waals surface area contributed by atoms with Crippen molar-refractivity contribution in [2.45, 2.75) is 6.54 Å². The number of nitrogens with zero attached hydrogens (tertiary/aromatic N) is 1. The van der Waals surface area contributed by atoms with E-state index in [1.54, 1.807) is 24.1 Å². The summed E-state index contributed by atoms with van der Waals surface area (Å²) in [6.45, 7) is 0.462. The Hall–Kier alpha value is -1.20. The summed E-state index contributed by atoms with van der Waals surface area (Å²) in [5.74, 6) is -0.310. The van der Waals surface area contributed by atoms with Crippen LogP contribution in [-0.4, -0.2) is 17.9 Å². The van der Waals surface area contributed by atoms with E-state index >= 15 is 0 Å². The molecule has 5 heteroatoms. The topological polar surface area (TPSA) is 20.3 Å². The van der Waals surface area contributed by atoms with Crippen LogP contribution < -0.4 is 0 Å². The van der Waals surface area contributed by atoms with Crippen molar-refractivity contribution < 1.29 is 9.18 Å². The first-order valence-corrected chi connectivity index (χ1v) is 6.98. The Bertz CT molecular complexity index is 552. The zero-order valence-corrected chi connectivity index (χ0v) is 12.1. The standard InChI is InChI=1S/C13H11BrFNOS/c1-16(8-9-2-4-10(15)5-3-9)13(17)12-11(14)6-7-18-12/h2-7H,8H2,1H3. The molecule has 2 nitrogen and oxygen atoms in total. The fourth-order valence-electron chi connectivity index (χ4n) is 1.56. The maximum absolute atomic E-state index is 12.8. The van der Waals surface area contributed by atoms with Crippen molar-refractivity contribution in [3.05, 3.63) is 56.4 Å². The lowest BCUT2D eigenvalue weighted by Crippen LogP contribution is -2.25. The summed E-state index contributed by atoms with van der Waals surface area (Å²) in [6, 6.07) is 8.01. The average Bonchev–Trinajstić information content (AvgIpc) is 2.77. The highest BCUT2D eigenvalue weighted by molar-refractivity contribution is 9.10. The minimum Gasteiger partial charge on any atom is -0.337 e. The zero-order chi connectivity index (χ0) is 13.1. The summed E-state index contributed by atoms with van der Waals surface area (Å²) in [7, 11) is 1.73. The Morgan fingerprint density at radius 1 is 1.33 bits per heavy atom. The molecule has 2 aromatic rings. The molecule has 94 valence electrons. The van der Waals surface area contributed by atoms with Crippen LogP contribution >= 0.6 is 27.3 Å². The van der Waals surface area contributed by atoms with Crippen LogP contribution in [0.1, 0.15) is 15.2 Å². The Morgan fingerprint density at radius 3 is 2.56 bits per heavy atom. The summed E-state index contributed by atoms with van der Waals surface area (Å²) in [5, 5.41) is 1.86. The van der Waals surface area contributed by atoms with Gasteiger partial charge in [0.1, 0.15) is 10.7 Å². The predicted octanol–water partition coefficient (Wildman–Crippen LogP) is 3.92. The molecule has 0 fully saturated rings. The van der Waals surface area contributed by atoms with Gasteiger partial charge >= 0.3 is 0 Å². The summed E-state index contributed by atoms with van der Waals surface area (Å²) >= 11 is 4.74. The van der Waals surface area contributed by atoms with Gasteiger partial charge in [0.15, 0.2) is 0 Å². The van der Waals surface area contributed by atoms with Crippen LogP contribution in [0.15, 0.2) is 40.2 Å². The number of hydrogen-bond acceptors (Lipinski definition) is 2. The molecule has 0 spiro atoms. The van der Waals surface area contributed by atoms with Crippen molar-refractivity contribution >= 4 is 33.2 Å². The molecule has 0 aliphatic heterocycles. The van der Waals surface area contributed by atoms with Crippen LogP contribution in [0.5, 0.6) is 0 Å². The molecule has 0 bridgehead atoms. The molecule has 0 atom stereocenters. The normalized spacial score (nSPS) is 10.4. The van der Waals surface area contributed by atoms with Gasteiger partial charge in [-0.3, -0.25) is 4.79 Å². The van der Waals surface area contributed by atoms with Gasteiger partial charge in [0.05, 0.1) is 0 Å². The molecular weight excluding hydrogens is 317 g/mol. The molecule has 0 radical (unpaired) electrons. The first kappa shape index (κ1) is 13.2. The van der Waals surface area contributed by atoms with E-state index in [9.17, 15) is 9.18 Å². The van der Waals surface area contributed by atoms with Gasteiger partial charge < -0.3 is 4.90 Å². The molecule has 0 aliphatic rings. The number of carbonyl (C=O) groups excluding carboxylic acids is 1. The second-order valence-corrected chi connectivity index (χ2v) is 5.66. The Balaban J connectivity index is 2.08. The van der Waals surface area contributed by atoms with Gasteiger partial charge in [0, 0.05) is 18.1 Å². The molecule has 0 N–H and O–H groups in total. The molecule has 1 heterocycles. The van der Waals surface area contributed by atoms with Crippen molar-refractivity contribution in [1.29, 1.82) is 0 Å². The van der Waals surface area contributed by atoms with Gasteiger partial charge in [-0.1, -0.05) is 12.1 Å². The largest absolute Gasteiger partial charge is 0.337 e. The van der Waals surface area contributed by atoms with Crippen molar-refractivity contribution in [3.8, 4) is 0 Å². The molecule has 0 aliphatic carbocycles. The number of hydrogen-bond donors (Lipinski definition) is 0. The lowest BCUT2D eigenvalue weighted by molar-refractivity contribution is 0.0789. The zero-order valence-electron chi connectivity index (χ0n) is 9.69.